The van der Waals surface area contributed by atoms with Crippen molar-refractivity contribution in [3.8, 4) is 11.3 Å². The molecule has 1 saturated heterocycles. The lowest BCUT2D eigenvalue weighted by molar-refractivity contribution is 0.0340. The van der Waals surface area contributed by atoms with E-state index in [1.165, 1.54) is 16.7 Å². The van der Waals surface area contributed by atoms with Crippen LogP contribution in [0, 0.1) is 12.7 Å². The van der Waals surface area contributed by atoms with Gasteiger partial charge >= 0.3 is 0 Å². The van der Waals surface area contributed by atoms with Crippen LogP contribution in [-0.4, -0.2) is 49.4 Å². The molecule has 0 saturated carbocycles. The number of pyridine rings is 1. The lowest BCUT2D eigenvalue weighted by atomic mass is 10.1. The number of benzene rings is 1. The number of hydrogen-bond donors (Lipinski definition) is 1. The number of aromatic nitrogens is 6. The number of hydrogen-bond acceptors (Lipinski definition) is 7. The van der Waals surface area contributed by atoms with Crippen molar-refractivity contribution in [2.75, 3.05) is 24.6 Å². The Morgan fingerprint density at radius 2 is 2.09 bits per heavy atom. The van der Waals surface area contributed by atoms with E-state index < -0.39 is 5.82 Å². The Morgan fingerprint density at radius 3 is 2.82 bits per heavy atom. The quantitative estimate of drug-likeness (QED) is 0.475. The second-order valence-electron chi connectivity index (χ2n) is 8.19. The third kappa shape index (κ3) is 3.92. The first-order valence-corrected chi connectivity index (χ1v) is 11.3. The summed E-state index contributed by atoms with van der Waals surface area (Å²) in [5.74, 6) is 1.99. The molecule has 0 bridgehead atoms. The zero-order chi connectivity index (χ0) is 24.0. The number of fused-ring (bicyclic) bond motifs is 1. The molecule has 176 valence electrons. The van der Waals surface area contributed by atoms with E-state index in [2.05, 4.69) is 20.2 Å². The van der Waals surface area contributed by atoms with Crippen molar-refractivity contribution in [2.24, 2.45) is 7.05 Å². The van der Waals surface area contributed by atoms with Gasteiger partial charge in [-0.1, -0.05) is 18.5 Å². The van der Waals surface area contributed by atoms with E-state index in [4.69, 9.17) is 21.3 Å². The minimum absolute atomic E-state index is 0.187. The van der Waals surface area contributed by atoms with Crippen LogP contribution in [0.4, 0.5) is 10.2 Å². The normalized spacial score (nSPS) is 16.4. The monoisotopic (exact) mass is 483 g/mol. The Bertz CT molecular complexity index is 1450. The van der Waals surface area contributed by atoms with Gasteiger partial charge in [-0.05, 0) is 25.1 Å². The van der Waals surface area contributed by atoms with Gasteiger partial charge in [0.25, 0.3) is 5.56 Å². The van der Waals surface area contributed by atoms with E-state index in [0.29, 0.717) is 42.7 Å². The second kappa shape index (κ2) is 8.77. The number of anilines is 1. The summed E-state index contributed by atoms with van der Waals surface area (Å²) >= 11 is 5.96. The maximum atomic E-state index is 15.0. The summed E-state index contributed by atoms with van der Waals surface area (Å²) < 4.78 is 22.3. The van der Waals surface area contributed by atoms with Crippen molar-refractivity contribution >= 4 is 28.3 Å². The van der Waals surface area contributed by atoms with Gasteiger partial charge in [-0.15, -0.1) is 10.2 Å². The van der Waals surface area contributed by atoms with Gasteiger partial charge in [0.05, 0.1) is 29.7 Å². The van der Waals surface area contributed by atoms with Gasteiger partial charge in [0.2, 0.25) is 0 Å². The molecule has 4 heterocycles. The molecule has 0 amide bonds. The first-order chi connectivity index (χ1) is 16.4. The lowest BCUT2D eigenvalue weighted by Crippen LogP contribution is -2.39. The van der Waals surface area contributed by atoms with E-state index in [0.717, 1.165) is 12.2 Å². The summed E-state index contributed by atoms with van der Waals surface area (Å²) in [5, 5.41) is 8.86. The average molecular weight is 484 g/mol. The molecule has 5 rings (SSSR count). The molecule has 9 nitrogen and oxygen atoms in total. The number of nitrogens with one attached hydrogen (secondary N) is 1. The zero-order valence-corrected chi connectivity index (χ0v) is 19.7. The fraction of sp³-hybridized carbons (Fsp3) is 0.348. The first-order valence-electron chi connectivity index (χ1n) is 11.0. The number of aryl methyl sites for hydroxylation is 2. The van der Waals surface area contributed by atoms with Crippen LogP contribution in [0.1, 0.15) is 30.5 Å². The molecule has 1 aliphatic rings. The Morgan fingerprint density at radius 1 is 1.26 bits per heavy atom. The Balaban J connectivity index is 1.64. The van der Waals surface area contributed by atoms with Crippen molar-refractivity contribution in [1.82, 2.24) is 29.7 Å². The summed E-state index contributed by atoms with van der Waals surface area (Å²) in [5.41, 5.74) is 0.572. The van der Waals surface area contributed by atoms with Crippen LogP contribution in [0.3, 0.4) is 0 Å². The average Bonchev–Trinajstić information content (AvgIpc) is 3.31. The molecule has 0 unspecified atom stereocenters. The molecule has 1 atom stereocenters. The first kappa shape index (κ1) is 22.4. The number of nitrogens with zero attached hydrogens (tertiary/aromatic N) is 6. The molecule has 0 aliphatic carbocycles. The van der Waals surface area contributed by atoms with E-state index in [1.807, 2.05) is 11.8 Å². The summed E-state index contributed by atoms with van der Waals surface area (Å²) in [4.78, 5) is 27.7. The highest BCUT2D eigenvalue weighted by Gasteiger charge is 2.27. The number of halogens is 2. The van der Waals surface area contributed by atoms with E-state index in [1.54, 1.807) is 26.1 Å². The van der Waals surface area contributed by atoms with Crippen molar-refractivity contribution < 1.29 is 9.13 Å². The summed E-state index contributed by atoms with van der Waals surface area (Å²) in [6.45, 7) is 5.22. The SMILES string of the molecule is CCc1nnc([C@H]2CN(c3cc4nc(C)n(C)c(=O)c4c(-c4ccc(Cl)cc4F)n3)CCO2)[nH]1. The number of ether oxygens (including phenoxy) is 1. The van der Waals surface area contributed by atoms with Crippen LogP contribution < -0.4 is 10.5 Å². The number of aromatic amines is 1. The van der Waals surface area contributed by atoms with Crippen molar-refractivity contribution in [3.63, 3.8) is 0 Å². The molecule has 0 spiro atoms. The highest BCUT2D eigenvalue weighted by atomic mass is 35.5. The van der Waals surface area contributed by atoms with Gasteiger partial charge in [-0.3, -0.25) is 9.36 Å². The number of rotatable bonds is 4. The van der Waals surface area contributed by atoms with E-state index in [9.17, 15) is 9.18 Å². The molecule has 0 radical (unpaired) electrons. The molecule has 1 aromatic carbocycles. The second-order valence-corrected chi connectivity index (χ2v) is 8.62. The fourth-order valence-corrected chi connectivity index (χ4v) is 4.22. The van der Waals surface area contributed by atoms with Gasteiger partial charge in [-0.25, -0.2) is 14.4 Å². The highest BCUT2D eigenvalue weighted by molar-refractivity contribution is 6.30. The molecule has 1 N–H and O–H groups in total. The van der Waals surface area contributed by atoms with Crippen LogP contribution in [0.2, 0.25) is 5.02 Å². The number of H-pyrrole nitrogens is 1. The molecule has 1 fully saturated rings. The third-order valence-electron chi connectivity index (χ3n) is 6.04. The predicted octanol–water partition coefficient (Wildman–Crippen LogP) is 3.35. The molecular weight excluding hydrogens is 461 g/mol. The zero-order valence-electron chi connectivity index (χ0n) is 19.0. The minimum atomic E-state index is -0.560. The van der Waals surface area contributed by atoms with Crippen LogP contribution in [0.25, 0.3) is 22.2 Å². The molecule has 3 aromatic heterocycles. The Kier molecular flexibility index (Phi) is 5.78. The third-order valence-corrected chi connectivity index (χ3v) is 6.27. The summed E-state index contributed by atoms with van der Waals surface area (Å²) in [7, 11) is 1.63. The minimum Gasteiger partial charge on any atom is -0.367 e. The smallest absolute Gasteiger partial charge is 0.263 e. The van der Waals surface area contributed by atoms with Crippen LogP contribution in [0.15, 0.2) is 29.1 Å². The molecular formula is C23H23ClFN7O2. The Labute approximate surface area is 199 Å². The van der Waals surface area contributed by atoms with Gasteiger partial charge in [0.1, 0.15) is 29.4 Å². The predicted molar refractivity (Wildman–Crippen MR) is 127 cm³/mol. The van der Waals surface area contributed by atoms with Crippen LogP contribution >= 0.6 is 11.6 Å². The van der Waals surface area contributed by atoms with E-state index in [-0.39, 0.29) is 33.3 Å². The number of morpholine rings is 1. The van der Waals surface area contributed by atoms with Crippen LogP contribution in [-0.2, 0) is 18.2 Å². The van der Waals surface area contributed by atoms with Crippen molar-refractivity contribution in [3.05, 3.63) is 62.9 Å². The molecule has 4 aromatic rings. The summed E-state index contributed by atoms with van der Waals surface area (Å²) in [6, 6.07) is 6.09. The largest absolute Gasteiger partial charge is 0.367 e. The van der Waals surface area contributed by atoms with Crippen molar-refractivity contribution in [1.29, 1.82) is 0 Å². The topological polar surface area (TPSA) is 102 Å². The molecule has 34 heavy (non-hydrogen) atoms. The standard InChI is InChI=1S/C23H23ClFN7O2/c1-4-18-27-22(30-29-18)17-11-32(7-8-34-17)19-10-16-20(23(33)31(3)12(2)26-16)21(28-19)14-6-5-13(24)9-15(14)25/h5-6,9-10,17H,4,7-8,11H2,1-3H3,(H,27,29,30)/t17-/m1/s1. The molecule has 11 heteroatoms. The maximum Gasteiger partial charge on any atom is 0.263 e. The van der Waals surface area contributed by atoms with Gasteiger partial charge in [0, 0.05) is 36.7 Å². The lowest BCUT2D eigenvalue weighted by Gasteiger charge is -2.33. The Hall–Kier alpha value is -3.37. The van der Waals surface area contributed by atoms with Crippen molar-refractivity contribution in [2.45, 2.75) is 26.4 Å². The van der Waals surface area contributed by atoms with Gasteiger partial charge < -0.3 is 14.6 Å². The summed E-state index contributed by atoms with van der Waals surface area (Å²) in [6.07, 6.45) is 0.416. The van der Waals surface area contributed by atoms with Gasteiger partial charge in [-0.2, -0.15) is 0 Å². The fourth-order valence-electron chi connectivity index (χ4n) is 4.06. The molecule has 1 aliphatic heterocycles. The van der Waals surface area contributed by atoms with Gasteiger partial charge in [0.15, 0.2) is 5.82 Å². The maximum absolute atomic E-state index is 15.0. The van der Waals surface area contributed by atoms with E-state index >= 15 is 0 Å². The van der Waals surface area contributed by atoms with Crippen LogP contribution in [0.5, 0.6) is 0 Å². The highest BCUT2D eigenvalue weighted by Crippen LogP contribution is 2.32.